The molecule has 2 aliphatic heterocycles. The van der Waals surface area contributed by atoms with E-state index in [1.807, 2.05) is 0 Å². The van der Waals surface area contributed by atoms with Crippen LogP contribution >= 0.6 is 0 Å². The standard InChI is InChI=1S/C16H30N2O2/c1-18(11-15-4-2-3-9-19-15)12-16-8-7-14(20-16)10-17-13-5-6-13/h13-17H,2-12H2,1H3. The summed E-state index contributed by atoms with van der Waals surface area (Å²) in [7, 11) is 2.21. The van der Waals surface area contributed by atoms with Gasteiger partial charge >= 0.3 is 0 Å². The molecular weight excluding hydrogens is 252 g/mol. The van der Waals surface area contributed by atoms with E-state index >= 15 is 0 Å². The Morgan fingerprint density at radius 1 is 0.950 bits per heavy atom. The molecule has 3 aliphatic rings. The quantitative estimate of drug-likeness (QED) is 0.772. The Kier molecular flexibility index (Phi) is 5.32. The lowest BCUT2D eigenvalue weighted by molar-refractivity contribution is -0.0168. The summed E-state index contributed by atoms with van der Waals surface area (Å²) in [6, 6.07) is 0.795. The van der Waals surface area contributed by atoms with Crippen molar-refractivity contribution < 1.29 is 9.47 Å². The molecule has 1 N–H and O–H groups in total. The van der Waals surface area contributed by atoms with Crippen LogP contribution in [-0.2, 0) is 9.47 Å². The second-order valence-corrected chi connectivity index (χ2v) is 6.85. The fourth-order valence-electron chi connectivity index (χ4n) is 3.37. The van der Waals surface area contributed by atoms with Crippen LogP contribution in [0.2, 0.25) is 0 Å². The highest BCUT2D eigenvalue weighted by molar-refractivity contribution is 4.84. The summed E-state index contributed by atoms with van der Waals surface area (Å²) < 4.78 is 12.0. The third kappa shape index (κ3) is 4.69. The third-order valence-electron chi connectivity index (χ3n) is 4.71. The van der Waals surface area contributed by atoms with E-state index in [1.54, 1.807) is 0 Å². The fraction of sp³-hybridized carbons (Fsp3) is 1.00. The molecule has 4 nitrogen and oxygen atoms in total. The van der Waals surface area contributed by atoms with Crippen molar-refractivity contribution in [1.82, 2.24) is 10.2 Å². The van der Waals surface area contributed by atoms with Crippen LogP contribution in [0, 0.1) is 0 Å². The van der Waals surface area contributed by atoms with Gasteiger partial charge in [0, 0.05) is 32.3 Å². The number of ether oxygens (including phenoxy) is 2. The normalized spacial score (nSPS) is 34.8. The van der Waals surface area contributed by atoms with E-state index < -0.39 is 0 Å². The molecule has 3 unspecified atom stereocenters. The number of likely N-dealkylation sites (N-methyl/N-ethyl adjacent to an activating group) is 1. The van der Waals surface area contributed by atoms with Gasteiger partial charge in [0.2, 0.25) is 0 Å². The molecule has 3 fully saturated rings. The Morgan fingerprint density at radius 3 is 2.50 bits per heavy atom. The van der Waals surface area contributed by atoms with Gasteiger partial charge in [0.1, 0.15) is 0 Å². The summed E-state index contributed by atoms with van der Waals surface area (Å²) in [6.45, 7) is 4.12. The minimum Gasteiger partial charge on any atom is -0.377 e. The second-order valence-electron chi connectivity index (χ2n) is 6.85. The van der Waals surface area contributed by atoms with Crippen LogP contribution in [0.4, 0.5) is 0 Å². The monoisotopic (exact) mass is 282 g/mol. The Hall–Kier alpha value is -0.160. The first kappa shape index (κ1) is 14.8. The predicted molar refractivity (Wildman–Crippen MR) is 80.0 cm³/mol. The van der Waals surface area contributed by atoms with Gasteiger partial charge in [0.25, 0.3) is 0 Å². The first-order chi connectivity index (χ1) is 9.79. The molecule has 20 heavy (non-hydrogen) atoms. The maximum Gasteiger partial charge on any atom is 0.0707 e. The largest absolute Gasteiger partial charge is 0.377 e. The molecule has 4 heteroatoms. The molecule has 0 aromatic rings. The van der Waals surface area contributed by atoms with E-state index in [1.165, 1.54) is 44.9 Å². The zero-order chi connectivity index (χ0) is 13.8. The van der Waals surface area contributed by atoms with Crippen molar-refractivity contribution in [3.05, 3.63) is 0 Å². The van der Waals surface area contributed by atoms with Gasteiger partial charge in [-0.15, -0.1) is 0 Å². The van der Waals surface area contributed by atoms with Gasteiger partial charge in [-0.05, 0) is 52.0 Å². The van der Waals surface area contributed by atoms with Gasteiger partial charge in [0.05, 0.1) is 18.3 Å². The predicted octanol–water partition coefficient (Wildman–Crippen LogP) is 1.79. The van der Waals surface area contributed by atoms with Gasteiger partial charge in [-0.3, -0.25) is 0 Å². The van der Waals surface area contributed by atoms with Crippen LogP contribution in [0.3, 0.4) is 0 Å². The number of nitrogens with one attached hydrogen (secondary N) is 1. The molecule has 0 bridgehead atoms. The lowest BCUT2D eigenvalue weighted by Gasteiger charge is -2.28. The molecule has 1 saturated carbocycles. The van der Waals surface area contributed by atoms with Crippen molar-refractivity contribution >= 4 is 0 Å². The summed E-state index contributed by atoms with van der Waals surface area (Å²) in [5.74, 6) is 0. The van der Waals surface area contributed by atoms with Crippen molar-refractivity contribution in [2.75, 3.05) is 33.3 Å². The second kappa shape index (κ2) is 7.21. The Morgan fingerprint density at radius 2 is 1.75 bits per heavy atom. The van der Waals surface area contributed by atoms with Crippen molar-refractivity contribution in [3.63, 3.8) is 0 Å². The average molecular weight is 282 g/mol. The van der Waals surface area contributed by atoms with Gasteiger partial charge < -0.3 is 19.7 Å². The van der Waals surface area contributed by atoms with Crippen LogP contribution in [-0.4, -0.2) is 62.5 Å². The zero-order valence-electron chi connectivity index (χ0n) is 12.9. The molecule has 116 valence electrons. The van der Waals surface area contributed by atoms with Crippen LogP contribution in [0.5, 0.6) is 0 Å². The Balaban J connectivity index is 1.30. The summed E-state index contributed by atoms with van der Waals surface area (Å²) in [5.41, 5.74) is 0. The highest BCUT2D eigenvalue weighted by Crippen LogP contribution is 2.23. The summed E-state index contributed by atoms with van der Waals surface area (Å²) >= 11 is 0. The molecule has 2 saturated heterocycles. The Bertz CT molecular complexity index is 290. The van der Waals surface area contributed by atoms with Gasteiger partial charge in [-0.1, -0.05) is 0 Å². The molecule has 1 aliphatic carbocycles. The van der Waals surface area contributed by atoms with E-state index in [-0.39, 0.29) is 0 Å². The molecule has 0 amide bonds. The van der Waals surface area contributed by atoms with Gasteiger partial charge in [0.15, 0.2) is 0 Å². The lowest BCUT2D eigenvalue weighted by atomic mass is 10.1. The minimum atomic E-state index is 0.426. The number of hydrogen-bond acceptors (Lipinski definition) is 4. The maximum atomic E-state index is 6.15. The molecule has 0 aromatic heterocycles. The average Bonchev–Trinajstić information content (AvgIpc) is 3.18. The fourth-order valence-corrected chi connectivity index (χ4v) is 3.37. The number of hydrogen-bond donors (Lipinski definition) is 1. The molecular formula is C16H30N2O2. The first-order valence-electron chi connectivity index (χ1n) is 8.48. The topological polar surface area (TPSA) is 33.7 Å². The smallest absolute Gasteiger partial charge is 0.0707 e. The van der Waals surface area contributed by atoms with E-state index in [4.69, 9.17) is 9.47 Å². The van der Waals surface area contributed by atoms with E-state index in [2.05, 4.69) is 17.3 Å². The maximum absolute atomic E-state index is 6.15. The summed E-state index contributed by atoms with van der Waals surface area (Å²) in [6.07, 6.45) is 10.3. The van der Waals surface area contributed by atoms with Crippen molar-refractivity contribution in [2.24, 2.45) is 0 Å². The first-order valence-corrected chi connectivity index (χ1v) is 8.48. The van der Waals surface area contributed by atoms with Crippen LogP contribution < -0.4 is 5.32 Å². The molecule has 0 aromatic carbocycles. The van der Waals surface area contributed by atoms with E-state index in [0.717, 1.165) is 32.3 Å². The minimum absolute atomic E-state index is 0.426. The lowest BCUT2D eigenvalue weighted by Crippen LogP contribution is -2.38. The zero-order valence-corrected chi connectivity index (χ0v) is 12.9. The van der Waals surface area contributed by atoms with Gasteiger partial charge in [-0.2, -0.15) is 0 Å². The van der Waals surface area contributed by atoms with Gasteiger partial charge in [-0.25, -0.2) is 0 Å². The van der Waals surface area contributed by atoms with Crippen molar-refractivity contribution in [1.29, 1.82) is 0 Å². The summed E-state index contributed by atoms with van der Waals surface area (Å²) in [5, 5.41) is 3.58. The molecule has 0 radical (unpaired) electrons. The van der Waals surface area contributed by atoms with Crippen LogP contribution in [0.1, 0.15) is 44.9 Å². The van der Waals surface area contributed by atoms with Crippen molar-refractivity contribution in [3.8, 4) is 0 Å². The number of rotatable bonds is 7. The molecule has 3 atom stereocenters. The summed E-state index contributed by atoms with van der Waals surface area (Å²) in [4.78, 5) is 2.40. The highest BCUT2D eigenvalue weighted by atomic mass is 16.5. The SMILES string of the molecule is CN(CC1CCCCO1)CC1CCC(CNC2CC2)O1. The van der Waals surface area contributed by atoms with Crippen LogP contribution in [0.15, 0.2) is 0 Å². The van der Waals surface area contributed by atoms with E-state index in [0.29, 0.717) is 18.3 Å². The molecule has 3 rings (SSSR count). The van der Waals surface area contributed by atoms with E-state index in [9.17, 15) is 0 Å². The molecule has 0 spiro atoms. The third-order valence-corrected chi connectivity index (χ3v) is 4.71. The Labute approximate surface area is 123 Å². The number of nitrogens with zero attached hydrogens (tertiary/aromatic N) is 1. The molecule has 2 heterocycles. The van der Waals surface area contributed by atoms with Crippen molar-refractivity contribution in [2.45, 2.75) is 69.3 Å². The van der Waals surface area contributed by atoms with Crippen LogP contribution in [0.25, 0.3) is 0 Å². The highest BCUT2D eigenvalue weighted by Gasteiger charge is 2.29.